The lowest BCUT2D eigenvalue weighted by atomic mass is 9.88. The number of aliphatic hydroxyl groups is 1. The SMILES string of the molecule is C/C(O)=C/C(=O)c1ccc(C(C)(C)C)cn1. The van der Waals surface area contributed by atoms with Crippen molar-refractivity contribution in [2.75, 3.05) is 0 Å². The highest BCUT2D eigenvalue weighted by Crippen LogP contribution is 2.21. The van der Waals surface area contributed by atoms with Gasteiger partial charge >= 0.3 is 0 Å². The molecule has 1 aromatic rings. The van der Waals surface area contributed by atoms with E-state index in [2.05, 4.69) is 25.8 Å². The predicted octanol–water partition coefficient (Wildman–Crippen LogP) is 3.02. The molecule has 0 radical (unpaired) electrons. The molecule has 0 fully saturated rings. The lowest BCUT2D eigenvalue weighted by Crippen LogP contribution is -2.12. The molecule has 0 amide bonds. The van der Waals surface area contributed by atoms with Gasteiger partial charge in [0, 0.05) is 12.3 Å². The standard InChI is InChI=1S/C13H17NO2/c1-9(15)7-12(16)11-6-5-10(8-14-11)13(2,3)4/h5-8,15H,1-4H3/b9-7-. The summed E-state index contributed by atoms with van der Waals surface area (Å²) in [6, 6.07) is 3.57. The second kappa shape index (κ2) is 4.47. The molecule has 0 spiro atoms. The molecule has 16 heavy (non-hydrogen) atoms. The highest BCUT2D eigenvalue weighted by atomic mass is 16.3. The van der Waals surface area contributed by atoms with E-state index < -0.39 is 0 Å². The summed E-state index contributed by atoms with van der Waals surface area (Å²) in [6.45, 7) is 7.72. The first-order chi connectivity index (χ1) is 7.30. The molecule has 0 unspecified atom stereocenters. The van der Waals surface area contributed by atoms with Gasteiger partial charge in [0.05, 0.1) is 5.76 Å². The van der Waals surface area contributed by atoms with Gasteiger partial charge < -0.3 is 5.11 Å². The molecule has 0 saturated carbocycles. The van der Waals surface area contributed by atoms with Crippen LogP contribution in [0.5, 0.6) is 0 Å². The Morgan fingerprint density at radius 1 is 1.38 bits per heavy atom. The maximum atomic E-state index is 11.5. The average Bonchev–Trinajstić information content (AvgIpc) is 2.15. The first-order valence-electron chi connectivity index (χ1n) is 5.19. The van der Waals surface area contributed by atoms with Crippen molar-refractivity contribution in [2.45, 2.75) is 33.1 Å². The minimum absolute atomic E-state index is 0.00769. The summed E-state index contributed by atoms with van der Waals surface area (Å²) in [7, 11) is 0. The van der Waals surface area contributed by atoms with E-state index in [0.717, 1.165) is 5.56 Å². The van der Waals surface area contributed by atoms with E-state index >= 15 is 0 Å². The van der Waals surface area contributed by atoms with Crippen LogP contribution in [-0.4, -0.2) is 15.9 Å². The largest absolute Gasteiger partial charge is 0.512 e. The normalized spacial score (nSPS) is 12.6. The predicted molar refractivity (Wildman–Crippen MR) is 63.7 cm³/mol. The Hall–Kier alpha value is -1.64. The van der Waals surface area contributed by atoms with Crippen molar-refractivity contribution in [2.24, 2.45) is 0 Å². The zero-order valence-electron chi connectivity index (χ0n) is 10.1. The lowest BCUT2D eigenvalue weighted by Gasteiger charge is -2.18. The third-order valence-corrected chi connectivity index (χ3v) is 2.22. The Bertz CT molecular complexity index is 407. The van der Waals surface area contributed by atoms with Gasteiger partial charge in [-0.1, -0.05) is 26.8 Å². The number of ketones is 1. The van der Waals surface area contributed by atoms with Gasteiger partial charge in [0.2, 0.25) is 5.78 Å². The minimum Gasteiger partial charge on any atom is -0.512 e. The smallest absolute Gasteiger partial charge is 0.207 e. The van der Waals surface area contributed by atoms with Gasteiger partial charge in [0.15, 0.2) is 0 Å². The first kappa shape index (κ1) is 12.4. The molecule has 0 aliphatic rings. The van der Waals surface area contributed by atoms with E-state index in [4.69, 9.17) is 5.11 Å². The van der Waals surface area contributed by atoms with Crippen LogP contribution in [0.3, 0.4) is 0 Å². The van der Waals surface area contributed by atoms with Gasteiger partial charge in [0.1, 0.15) is 5.69 Å². The zero-order valence-corrected chi connectivity index (χ0v) is 10.1. The number of hydrogen-bond donors (Lipinski definition) is 1. The van der Waals surface area contributed by atoms with Crippen LogP contribution < -0.4 is 0 Å². The Labute approximate surface area is 95.8 Å². The fraction of sp³-hybridized carbons (Fsp3) is 0.385. The summed E-state index contributed by atoms with van der Waals surface area (Å²) in [6.07, 6.45) is 2.87. The van der Waals surface area contributed by atoms with Crippen LogP contribution in [0.15, 0.2) is 30.2 Å². The molecule has 86 valence electrons. The average molecular weight is 219 g/mol. The Kier molecular flexibility index (Phi) is 3.48. The summed E-state index contributed by atoms with van der Waals surface area (Å²) in [5.41, 5.74) is 1.45. The van der Waals surface area contributed by atoms with Crippen LogP contribution in [0, 0.1) is 0 Å². The van der Waals surface area contributed by atoms with Crippen molar-refractivity contribution in [1.29, 1.82) is 0 Å². The Morgan fingerprint density at radius 3 is 2.38 bits per heavy atom. The molecule has 0 atom stereocenters. The van der Waals surface area contributed by atoms with E-state index in [-0.39, 0.29) is 17.0 Å². The lowest BCUT2D eigenvalue weighted by molar-refractivity contribution is 0.103. The summed E-state index contributed by atoms with van der Waals surface area (Å²) >= 11 is 0. The van der Waals surface area contributed by atoms with E-state index in [1.807, 2.05) is 6.07 Å². The first-order valence-corrected chi connectivity index (χ1v) is 5.19. The Morgan fingerprint density at radius 2 is 2.00 bits per heavy atom. The fourth-order valence-electron chi connectivity index (χ4n) is 1.25. The van der Waals surface area contributed by atoms with Crippen LogP contribution in [-0.2, 0) is 5.41 Å². The molecule has 0 aromatic carbocycles. The topological polar surface area (TPSA) is 50.2 Å². The molecule has 3 nitrogen and oxygen atoms in total. The summed E-state index contributed by atoms with van der Waals surface area (Å²) in [5.74, 6) is -0.285. The van der Waals surface area contributed by atoms with Gasteiger partial charge in [-0.3, -0.25) is 9.78 Å². The third kappa shape index (κ3) is 3.19. The Balaban J connectivity index is 2.96. The van der Waals surface area contributed by atoms with Crippen LogP contribution in [0.4, 0.5) is 0 Å². The second-order valence-electron chi connectivity index (χ2n) is 4.83. The summed E-state index contributed by atoms with van der Waals surface area (Å²) in [5, 5.41) is 8.98. The molecule has 1 N–H and O–H groups in total. The van der Waals surface area contributed by atoms with Crippen molar-refractivity contribution < 1.29 is 9.90 Å². The van der Waals surface area contributed by atoms with Crippen LogP contribution >= 0.6 is 0 Å². The minimum atomic E-state index is -0.277. The van der Waals surface area contributed by atoms with E-state index in [9.17, 15) is 4.79 Å². The maximum absolute atomic E-state index is 11.5. The molecular weight excluding hydrogens is 202 g/mol. The van der Waals surface area contributed by atoms with Crippen molar-refractivity contribution in [1.82, 2.24) is 4.98 Å². The number of nitrogens with zero attached hydrogens (tertiary/aromatic N) is 1. The molecular formula is C13H17NO2. The fourth-order valence-corrected chi connectivity index (χ4v) is 1.25. The van der Waals surface area contributed by atoms with Gasteiger partial charge in [0.25, 0.3) is 0 Å². The van der Waals surface area contributed by atoms with Gasteiger partial charge in [-0.15, -0.1) is 0 Å². The van der Waals surface area contributed by atoms with Crippen molar-refractivity contribution in [3.63, 3.8) is 0 Å². The van der Waals surface area contributed by atoms with Crippen molar-refractivity contribution in [3.05, 3.63) is 41.4 Å². The number of allylic oxidation sites excluding steroid dienone is 2. The van der Waals surface area contributed by atoms with E-state index in [0.29, 0.717) is 5.69 Å². The molecule has 1 heterocycles. The summed E-state index contributed by atoms with van der Waals surface area (Å²) < 4.78 is 0. The number of aliphatic hydroxyl groups excluding tert-OH is 1. The van der Waals surface area contributed by atoms with Crippen LogP contribution in [0.2, 0.25) is 0 Å². The third-order valence-electron chi connectivity index (χ3n) is 2.22. The highest BCUT2D eigenvalue weighted by molar-refractivity contribution is 6.03. The number of rotatable bonds is 2. The molecule has 0 aliphatic carbocycles. The molecule has 0 aliphatic heterocycles. The number of carbonyl (C=O) groups excluding carboxylic acids is 1. The maximum Gasteiger partial charge on any atom is 0.207 e. The zero-order chi connectivity index (χ0) is 12.3. The van der Waals surface area contributed by atoms with Crippen LogP contribution in [0.1, 0.15) is 43.7 Å². The number of hydrogen-bond acceptors (Lipinski definition) is 3. The molecule has 1 rings (SSSR count). The van der Waals surface area contributed by atoms with Crippen LogP contribution in [0.25, 0.3) is 0 Å². The molecule has 1 aromatic heterocycles. The highest BCUT2D eigenvalue weighted by Gasteiger charge is 2.14. The number of pyridine rings is 1. The number of aromatic nitrogens is 1. The van der Waals surface area contributed by atoms with E-state index in [1.54, 1.807) is 12.3 Å². The molecule has 0 bridgehead atoms. The monoisotopic (exact) mass is 219 g/mol. The second-order valence-corrected chi connectivity index (χ2v) is 4.83. The van der Waals surface area contributed by atoms with Gasteiger partial charge in [-0.05, 0) is 24.0 Å². The van der Waals surface area contributed by atoms with Gasteiger partial charge in [-0.25, -0.2) is 0 Å². The molecule has 3 heteroatoms. The van der Waals surface area contributed by atoms with E-state index in [1.165, 1.54) is 13.0 Å². The van der Waals surface area contributed by atoms with Crippen molar-refractivity contribution in [3.8, 4) is 0 Å². The quantitative estimate of drug-likeness (QED) is 0.472. The van der Waals surface area contributed by atoms with Crippen molar-refractivity contribution >= 4 is 5.78 Å². The van der Waals surface area contributed by atoms with Gasteiger partial charge in [-0.2, -0.15) is 0 Å². The summed E-state index contributed by atoms with van der Waals surface area (Å²) in [4.78, 5) is 15.6. The number of carbonyl (C=O) groups is 1. The molecule has 0 saturated heterocycles.